The summed E-state index contributed by atoms with van der Waals surface area (Å²) in [5.41, 5.74) is 2.89. The molecule has 1 aliphatic carbocycles. The van der Waals surface area contributed by atoms with E-state index < -0.39 is 18.2 Å². The summed E-state index contributed by atoms with van der Waals surface area (Å²) >= 11 is 1.59. The first-order valence-corrected chi connectivity index (χ1v) is 17.3. The Balaban J connectivity index is 1.16. The first-order valence-electron chi connectivity index (χ1n) is 16.4. The van der Waals surface area contributed by atoms with Gasteiger partial charge in [-0.05, 0) is 66.8 Å². The molecule has 0 unspecified atom stereocenters. The number of hydrogen-bond acceptors (Lipinski definition) is 9. The molecule has 3 aromatic rings. The van der Waals surface area contributed by atoms with Crippen molar-refractivity contribution >= 4 is 17.2 Å². The predicted molar refractivity (Wildman–Crippen MR) is 175 cm³/mol. The quantitative estimate of drug-likeness (QED) is 0.277. The molecule has 248 valence electrons. The molecule has 1 amide bonds. The largest absolute Gasteiger partial charge is 0.471 e. The third-order valence-electron chi connectivity index (χ3n) is 9.22. The van der Waals surface area contributed by atoms with Gasteiger partial charge in [0.1, 0.15) is 22.5 Å². The van der Waals surface area contributed by atoms with Crippen LogP contribution in [0.15, 0.2) is 48.1 Å². The predicted octanol–water partition coefficient (Wildman–Crippen LogP) is 4.59. The molecule has 6 rings (SSSR count). The van der Waals surface area contributed by atoms with Crippen LogP contribution in [0.3, 0.4) is 0 Å². The van der Waals surface area contributed by atoms with Gasteiger partial charge in [-0.2, -0.15) is 0 Å². The van der Waals surface area contributed by atoms with Gasteiger partial charge in [0, 0.05) is 55.4 Å². The second-order valence-electron chi connectivity index (χ2n) is 14.3. The van der Waals surface area contributed by atoms with Gasteiger partial charge in [0.25, 0.3) is 5.91 Å². The molecule has 4 heterocycles. The Bertz CT molecular complexity index is 1460. The van der Waals surface area contributed by atoms with Crippen molar-refractivity contribution in [2.45, 2.75) is 95.7 Å². The van der Waals surface area contributed by atoms with Gasteiger partial charge >= 0.3 is 0 Å². The third kappa shape index (κ3) is 8.30. The van der Waals surface area contributed by atoms with Gasteiger partial charge in [-0.1, -0.05) is 32.9 Å². The second kappa shape index (κ2) is 14.0. The van der Waals surface area contributed by atoms with Crippen molar-refractivity contribution in [2.75, 3.05) is 26.2 Å². The minimum Gasteiger partial charge on any atom is -0.471 e. The number of ether oxygens (including phenoxy) is 2. The normalized spacial score (nSPS) is 22.4. The summed E-state index contributed by atoms with van der Waals surface area (Å²) in [5.74, 6) is 0.0735. The number of nitrogens with zero attached hydrogens (tertiary/aromatic N) is 3. The Morgan fingerprint density at radius 3 is 2.72 bits per heavy atom. The molecule has 2 fully saturated rings. The number of pyridine rings is 1. The minimum atomic E-state index is -0.918. The zero-order valence-electron chi connectivity index (χ0n) is 27.0. The maximum atomic E-state index is 13.7. The molecule has 2 aliphatic heterocycles. The van der Waals surface area contributed by atoms with Crippen LogP contribution in [0, 0.1) is 11.2 Å². The summed E-state index contributed by atoms with van der Waals surface area (Å²) < 4.78 is 26.0. The molecule has 4 atom stereocenters. The van der Waals surface area contributed by atoms with Crippen molar-refractivity contribution < 1.29 is 23.8 Å². The summed E-state index contributed by atoms with van der Waals surface area (Å²) in [6, 6.07) is 7.72. The van der Waals surface area contributed by atoms with E-state index in [0.29, 0.717) is 32.0 Å². The summed E-state index contributed by atoms with van der Waals surface area (Å²) in [5, 5.41) is 21.3. The maximum Gasteiger partial charge on any atom is 0.250 e. The third-order valence-corrected chi connectivity index (χ3v) is 9.98. The van der Waals surface area contributed by atoms with Gasteiger partial charge in [0.2, 0.25) is 5.88 Å². The molecule has 3 N–H and O–H groups in total. The summed E-state index contributed by atoms with van der Waals surface area (Å²) in [6.45, 7) is 9.14. The van der Waals surface area contributed by atoms with E-state index in [0.717, 1.165) is 60.3 Å². The molecule has 1 saturated carbocycles. The topological polar surface area (TPSA) is 109 Å². The van der Waals surface area contributed by atoms with E-state index in [1.165, 1.54) is 12.1 Å². The van der Waals surface area contributed by atoms with Crippen molar-refractivity contribution in [2.24, 2.45) is 5.41 Å². The van der Waals surface area contributed by atoms with Crippen LogP contribution < -0.4 is 15.4 Å². The summed E-state index contributed by atoms with van der Waals surface area (Å²) in [7, 11) is 0. The average molecular weight is 652 g/mol. The van der Waals surface area contributed by atoms with E-state index in [2.05, 4.69) is 47.4 Å². The Morgan fingerprint density at radius 2 is 2.02 bits per heavy atom. The number of aliphatic hydroxyl groups excluding tert-OH is 1. The molecule has 0 radical (unpaired) electrons. The lowest BCUT2D eigenvalue weighted by molar-refractivity contribution is -0.140. The molecular formula is C35H46FN5O4S. The maximum absolute atomic E-state index is 13.7. The van der Waals surface area contributed by atoms with Crippen molar-refractivity contribution in [1.29, 1.82) is 0 Å². The number of halogens is 1. The van der Waals surface area contributed by atoms with Crippen LogP contribution in [-0.2, 0) is 28.9 Å². The molecule has 3 aliphatic rings. The molecule has 1 saturated heterocycles. The highest BCUT2D eigenvalue weighted by Crippen LogP contribution is 2.48. The lowest BCUT2D eigenvalue weighted by Gasteiger charge is -2.47. The number of rotatable bonds is 11. The smallest absolute Gasteiger partial charge is 0.250 e. The van der Waals surface area contributed by atoms with E-state index in [4.69, 9.17) is 14.5 Å². The lowest BCUT2D eigenvalue weighted by atomic mass is 9.73. The molecule has 0 bridgehead atoms. The summed E-state index contributed by atoms with van der Waals surface area (Å²) in [4.78, 5) is 24.8. The van der Waals surface area contributed by atoms with Crippen LogP contribution in [0.25, 0.3) is 0 Å². The average Bonchev–Trinajstić information content (AvgIpc) is 3.52. The number of hydrogen-bond donors (Lipinski definition) is 3. The molecular weight excluding hydrogens is 605 g/mol. The van der Waals surface area contributed by atoms with E-state index in [1.54, 1.807) is 29.7 Å². The number of fused-ring (bicyclic) bond motifs is 1. The van der Waals surface area contributed by atoms with Crippen LogP contribution >= 0.6 is 11.3 Å². The van der Waals surface area contributed by atoms with Crippen LogP contribution in [0.4, 0.5) is 4.39 Å². The van der Waals surface area contributed by atoms with Gasteiger partial charge in [-0.25, -0.2) is 14.4 Å². The number of carbonyl (C=O) groups is 1. The molecule has 1 spiro atoms. The van der Waals surface area contributed by atoms with Gasteiger partial charge in [-0.15, -0.1) is 11.3 Å². The van der Waals surface area contributed by atoms with Gasteiger partial charge in [-0.3, -0.25) is 9.69 Å². The fraction of sp³-hybridized carbons (Fsp3) is 0.571. The fourth-order valence-electron chi connectivity index (χ4n) is 6.71. The SMILES string of the molecule is CC(C)(C)Cc1cnc2c(c1)[C@@H](NC[C@@H](O)[C@H](Cc1ccc(F)cc1)NC(=O)[C@@H]1CN(Cc3nccs3)CCO1)CC1(CCC1)O2. The van der Waals surface area contributed by atoms with Crippen molar-refractivity contribution in [1.82, 2.24) is 25.5 Å². The van der Waals surface area contributed by atoms with E-state index in [1.807, 2.05) is 11.6 Å². The molecule has 46 heavy (non-hydrogen) atoms. The number of aliphatic hydroxyl groups is 1. The number of carbonyl (C=O) groups excluding carboxylic acids is 1. The number of nitrogens with one attached hydrogen (secondary N) is 2. The standard InChI is InChI=1S/C35H46FN5O4S/c1-34(2,3)17-24-15-26-28(18-35(9-4-10-35)45-33(26)39-19-24)38-20-29(42)27(16-23-5-7-25(36)8-6-23)40-32(43)30-21-41(12-13-44-30)22-31-37-11-14-46-31/h5-8,11,14-15,19,27-30,38,42H,4,9-10,12-13,16-18,20-22H2,1-3H3,(H,40,43)/t27-,28-,29+,30-/m0/s1. The zero-order chi connectivity index (χ0) is 32.3. The Morgan fingerprint density at radius 1 is 1.22 bits per heavy atom. The van der Waals surface area contributed by atoms with E-state index in [-0.39, 0.29) is 35.3 Å². The van der Waals surface area contributed by atoms with Gasteiger partial charge in [0.05, 0.1) is 25.3 Å². The Kier molecular flexibility index (Phi) is 10.1. The summed E-state index contributed by atoms with van der Waals surface area (Å²) in [6.07, 6.45) is 7.26. The van der Waals surface area contributed by atoms with Crippen molar-refractivity contribution in [3.63, 3.8) is 0 Å². The van der Waals surface area contributed by atoms with Gasteiger partial charge in [0.15, 0.2) is 0 Å². The van der Waals surface area contributed by atoms with Gasteiger partial charge < -0.3 is 25.2 Å². The van der Waals surface area contributed by atoms with Crippen LogP contribution in [0.1, 0.15) is 74.2 Å². The first-order chi connectivity index (χ1) is 22.0. The van der Waals surface area contributed by atoms with Crippen LogP contribution in [0.5, 0.6) is 5.88 Å². The molecule has 1 aromatic carbocycles. The number of benzene rings is 1. The Hall–Kier alpha value is -2.96. The monoisotopic (exact) mass is 651 g/mol. The van der Waals surface area contributed by atoms with E-state index >= 15 is 0 Å². The highest BCUT2D eigenvalue weighted by Gasteiger charge is 2.46. The number of amides is 1. The van der Waals surface area contributed by atoms with Crippen LogP contribution in [-0.4, -0.2) is 76.0 Å². The number of thiazole rings is 1. The van der Waals surface area contributed by atoms with Crippen molar-refractivity contribution in [3.8, 4) is 5.88 Å². The lowest BCUT2D eigenvalue weighted by Crippen LogP contribution is -2.56. The highest BCUT2D eigenvalue weighted by molar-refractivity contribution is 7.09. The zero-order valence-corrected chi connectivity index (χ0v) is 27.8. The van der Waals surface area contributed by atoms with Crippen LogP contribution in [0.2, 0.25) is 0 Å². The Labute approximate surface area is 274 Å². The second-order valence-corrected chi connectivity index (χ2v) is 15.3. The van der Waals surface area contributed by atoms with E-state index in [9.17, 15) is 14.3 Å². The number of aromatic nitrogens is 2. The molecule has 11 heteroatoms. The minimum absolute atomic E-state index is 0.0469. The highest BCUT2D eigenvalue weighted by atomic mass is 32.1. The van der Waals surface area contributed by atoms with Crippen molar-refractivity contribution in [3.05, 3.63) is 75.6 Å². The fourth-order valence-corrected chi connectivity index (χ4v) is 7.37. The molecule has 9 nitrogen and oxygen atoms in total. The first kappa shape index (κ1) is 33.0. The number of morpholine rings is 1. The molecule has 2 aromatic heterocycles.